The van der Waals surface area contributed by atoms with Gasteiger partial charge in [-0.05, 0) is 44.3 Å². The summed E-state index contributed by atoms with van der Waals surface area (Å²) in [6, 6.07) is 9.81. The third-order valence-corrected chi connectivity index (χ3v) is 5.08. The zero-order valence-corrected chi connectivity index (χ0v) is 12.7. The molecule has 4 nitrogen and oxygen atoms in total. The predicted octanol–water partition coefficient (Wildman–Crippen LogP) is 1.63. The van der Waals surface area contributed by atoms with Crippen LogP contribution >= 0.6 is 0 Å². The van der Waals surface area contributed by atoms with Gasteiger partial charge < -0.3 is 15.5 Å². The number of benzene rings is 1. The van der Waals surface area contributed by atoms with Crippen molar-refractivity contribution in [2.24, 2.45) is 11.7 Å². The van der Waals surface area contributed by atoms with E-state index in [1.807, 2.05) is 35.2 Å². The van der Waals surface area contributed by atoms with Crippen molar-refractivity contribution < 1.29 is 4.79 Å². The van der Waals surface area contributed by atoms with E-state index in [4.69, 9.17) is 5.73 Å². The van der Waals surface area contributed by atoms with E-state index in [9.17, 15) is 4.79 Å². The van der Waals surface area contributed by atoms with E-state index >= 15 is 0 Å². The molecule has 2 N–H and O–H groups in total. The molecule has 2 saturated heterocycles. The van der Waals surface area contributed by atoms with E-state index in [1.54, 1.807) is 0 Å². The summed E-state index contributed by atoms with van der Waals surface area (Å²) in [6.07, 6.45) is 3.55. The van der Waals surface area contributed by atoms with Gasteiger partial charge >= 0.3 is 0 Å². The largest absolute Gasteiger partial charge is 0.341 e. The van der Waals surface area contributed by atoms with Crippen molar-refractivity contribution in [3.8, 4) is 0 Å². The van der Waals surface area contributed by atoms with Gasteiger partial charge in [0.25, 0.3) is 0 Å². The first-order chi connectivity index (χ1) is 10.2. The highest BCUT2D eigenvalue weighted by atomic mass is 16.2. The van der Waals surface area contributed by atoms with Gasteiger partial charge in [-0.3, -0.25) is 4.79 Å². The molecule has 0 aliphatic carbocycles. The molecule has 0 spiro atoms. The topological polar surface area (TPSA) is 49.6 Å². The summed E-state index contributed by atoms with van der Waals surface area (Å²) in [5, 5.41) is 0. The maximum Gasteiger partial charge on any atom is 0.244 e. The Hall–Kier alpha value is -1.39. The maximum absolute atomic E-state index is 12.6. The first-order valence-electron chi connectivity index (χ1n) is 7.96. The van der Waals surface area contributed by atoms with Crippen molar-refractivity contribution >= 4 is 5.91 Å². The van der Waals surface area contributed by atoms with Gasteiger partial charge in [-0.1, -0.05) is 30.3 Å². The van der Waals surface area contributed by atoms with Gasteiger partial charge in [0.1, 0.15) is 6.04 Å². The molecule has 0 radical (unpaired) electrons. The van der Waals surface area contributed by atoms with Gasteiger partial charge in [0.2, 0.25) is 5.91 Å². The van der Waals surface area contributed by atoms with E-state index < -0.39 is 6.04 Å². The molecule has 114 valence electrons. The van der Waals surface area contributed by atoms with Crippen LogP contribution in [0.5, 0.6) is 0 Å². The molecule has 2 aliphatic heterocycles. The molecule has 0 aromatic heterocycles. The summed E-state index contributed by atoms with van der Waals surface area (Å²) in [6.45, 7) is 2.90. The second-order valence-electron chi connectivity index (χ2n) is 6.41. The van der Waals surface area contributed by atoms with Crippen LogP contribution in [0.3, 0.4) is 0 Å². The van der Waals surface area contributed by atoms with Crippen molar-refractivity contribution in [3.05, 3.63) is 35.9 Å². The summed E-state index contributed by atoms with van der Waals surface area (Å²) in [4.78, 5) is 17.1. The summed E-state index contributed by atoms with van der Waals surface area (Å²) >= 11 is 0. The van der Waals surface area contributed by atoms with Crippen molar-refractivity contribution in [2.75, 3.05) is 26.7 Å². The molecular formula is C17H25N3O. The van der Waals surface area contributed by atoms with Crippen LogP contribution in [0, 0.1) is 5.92 Å². The maximum atomic E-state index is 12.6. The molecule has 0 saturated carbocycles. The predicted molar refractivity (Wildman–Crippen MR) is 83.7 cm³/mol. The highest BCUT2D eigenvalue weighted by molar-refractivity contribution is 5.83. The monoisotopic (exact) mass is 287 g/mol. The smallest absolute Gasteiger partial charge is 0.244 e. The van der Waals surface area contributed by atoms with Crippen molar-refractivity contribution in [1.82, 2.24) is 9.80 Å². The molecule has 2 fully saturated rings. The highest BCUT2D eigenvalue weighted by Gasteiger charge is 2.36. The third-order valence-electron chi connectivity index (χ3n) is 5.08. The summed E-state index contributed by atoms with van der Waals surface area (Å²) in [5.74, 6) is 0.692. The van der Waals surface area contributed by atoms with E-state index in [-0.39, 0.29) is 5.91 Å². The Morgan fingerprint density at radius 2 is 2.00 bits per heavy atom. The van der Waals surface area contributed by atoms with Gasteiger partial charge in [0.15, 0.2) is 0 Å². The molecule has 4 heteroatoms. The van der Waals surface area contributed by atoms with Crippen LogP contribution in [0.1, 0.15) is 30.9 Å². The lowest BCUT2D eigenvalue weighted by Gasteiger charge is -2.46. The summed E-state index contributed by atoms with van der Waals surface area (Å²) < 4.78 is 0. The Bertz CT molecular complexity index is 490. The lowest BCUT2D eigenvalue weighted by Crippen LogP contribution is -2.55. The fourth-order valence-electron chi connectivity index (χ4n) is 3.85. The quantitative estimate of drug-likeness (QED) is 0.899. The van der Waals surface area contributed by atoms with Crippen LogP contribution < -0.4 is 5.73 Å². The molecule has 1 aromatic carbocycles. The van der Waals surface area contributed by atoms with Crippen LogP contribution in [-0.2, 0) is 4.79 Å². The van der Waals surface area contributed by atoms with Gasteiger partial charge in [-0.15, -0.1) is 0 Å². The fourth-order valence-corrected chi connectivity index (χ4v) is 3.85. The Labute approximate surface area is 126 Å². The Morgan fingerprint density at radius 3 is 2.76 bits per heavy atom. The van der Waals surface area contributed by atoms with Crippen LogP contribution in [0.4, 0.5) is 0 Å². The van der Waals surface area contributed by atoms with Gasteiger partial charge in [0.05, 0.1) is 0 Å². The number of nitrogens with zero attached hydrogens (tertiary/aromatic N) is 2. The Balaban J connectivity index is 1.66. The van der Waals surface area contributed by atoms with Gasteiger partial charge in [-0.2, -0.15) is 0 Å². The normalized spacial score (nSPS) is 28.0. The summed E-state index contributed by atoms with van der Waals surface area (Å²) in [7, 11) is 2.21. The molecular weight excluding hydrogens is 262 g/mol. The molecule has 2 aliphatic rings. The molecule has 3 atom stereocenters. The number of hydrogen-bond acceptors (Lipinski definition) is 3. The lowest BCUT2D eigenvalue weighted by molar-refractivity contribution is -0.136. The number of amides is 1. The van der Waals surface area contributed by atoms with Crippen LogP contribution in [0.2, 0.25) is 0 Å². The Morgan fingerprint density at radius 1 is 1.24 bits per heavy atom. The lowest BCUT2D eigenvalue weighted by atomic mass is 9.84. The fraction of sp³-hybridized carbons (Fsp3) is 0.588. The second kappa shape index (κ2) is 6.16. The van der Waals surface area contributed by atoms with Crippen molar-refractivity contribution in [1.29, 1.82) is 0 Å². The number of nitrogens with two attached hydrogens (primary N) is 1. The van der Waals surface area contributed by atoms with Crippen LogP contribution in [0.25, 0.3) is 0 Å². The van der Waals surface area contributed by atoms with Gasteiger partial charge in [0, 0.05) is 19.1 Å². The third kappa shape index (κ3) is 2.97. The average molecular weight is 287 g/mol. The molecule has 1 amide bonds. The van der Waals surface area contributed by atoms with Crippen LogP contribution in [-0.4, -0.2) is 48.4 Å². The minimum Gasteiger partial charge on any atom is -0.341 e. The van der Waals surface area contributed by atoms with E-state index in [0.717, 1.165) is 25.1 Å². The molecule has 21 heavy (non-hydrogen) atoms. The summed E-state index contributed by atoms with van der Waals surface area (Å²) in [5.41, 5.74) is 7.07. The molecule has 3 rings (SSSR count). The average Bonchev–Trinajstić information content (AvgIpc) is 2.54. The molecule has 2 heterocycles. The zero-order chi connectivity index (χ0) is 14.8. The zero-order valence-electron chi connectivity index (χ0n) is 12.7. The number of rotatable bonds is 2. The molecule has 1 aromatic rings. The number of fused-ring (bicyclic) bond motifs is 1. The highest BCUT2D eigenvalue weighted by Crippen LogP contribution is 2.30. The SMILES string of the molecule is CN1CCCC2CN(C(=O)C(N)c3ccccc3)CCC21. The van der Waals surface area contributed by atoms with Gasteiger partial charge in [-0.25, -0.2) is 0 Å². The van der Waals surface area contributed by atoms with Crippen LogP contribution in [0.15, 0.2) is 30.3 Å². The van der Waals surface area contributed by atoms with Crippen molar-refractivity contribution in [2.45, 2.75) is 31.3 Å². The number of likely N-dealkylation sites (tertiary alicyclic amines) is 2. The van der Waals surface area contributed by atoms with Crippen molar-refractivity contribution in [3.63, 3.8) is 0 Å². The van der Waals surface area contributed by atoms with E-state index in [2.05, 4.69) is 11.9 Å². The number of hydrogen-bond donors (Lipinski definition) is 1. The second-order valence-corrected chi connectivity index (χ2v) is 6.41. The Kier molecular flexibility index (Phi) is 4.27. The standard InChI is InChI=1S/C17H25N3O/c1-19-10-5-8-14-12-20(11-9-15(14)19)17(21)16(18)13-6-3-2-4-7-13/h2-4,6-7,14-16H,5,8-12,18H2,1H3. The minimum atomic E-state index is -0.524. The molecule has 3 unspecified atom stereocenters. The first-order valence-corrected chi connectivity index (χ1v) is 7.96. The van der Waals surface area contributed by atoms with E-state index in [0.29, 0.717) is 12.0 Å². The number of carbonyl (C=O) groups excluding carboxylic acids is 1. The molecule has 0 bridgehead atoms. The first kappa shape index (κ1) is 14.5. The number of piperidine rings is 2. The van der Waals surface area contributed by atoms with E-state index in [1.165, 1.54) is 19.4 Å². The number of carbonyl (C=O) groups is 1. The minimum absolute atomic E-state index is 0.0767.